The van der Waals surface area contributed by atoms with Crippen molar-refractivity contribution in [3.8, 4) is 0 Å². The van der Waals surface area contributed by atoms with E-state index in [1.54, 1.807) is 6.07 Å². The second-order valence-corrected chi connectivity index (χ2v) is 4.59. The molecular formula is C12H16ClN3O. The van der Waals surface area contributed by atoms with Gasteiger partial charge in [-0.2, -0.15) is 0 Å². The Morgan fingerprint density at radius 3 is 2.94 bits per heavy atom. The molecule has 0 atom stereocenters. The number of halogens is 1. The summed E-state index contributed by atoms with van der Waals surface area (Å²) in [6.07, 6.45) is 4.83. The first-order valence-corrected chi connectivity index (χ1v) is 6.28. The molecule has 1 aliphatic rings. The van der Waals surface area contributed by atoms with Gasteiger partial charge in [-0.15, -0.1) is 0 Å². The Bertz CT molecular complexity index is 418. The number of aromatic nitrogens is 1. The van der Waals surface area contributed by atoms with Crippen LogP contribution in [-0.4, -0.2) is 23.5 Å². The fourth-order valence-corrected chi connectivity index (χ4v) is 1.90. The van der Waals surface area contributed by atoms with Gasteiger partial charge < -0.3 is 10.6 Å². The van der Waals surface area contributed by atoms with Crippen LogP contribution in [0.15, 0.2) is 12.3 Å². The highest BCUT2D eigenvalue weighted by Crippen LogP contribution is 2.21. The van der Waals surface area contributed by atoms with Crippen molar-refractivity contribution >= 4 is 23.3 Å². The van der Waals surface area contributed by atoms with Crippen LogP contribution >= 0.6 is 11.6 Å². The number of pyridine rings is 1. The fourth-order valence-electron chi connectivity index (χ4n) is 1.71. The van der Waals surface area contributed by atoms with Gasteiger partial charge in [0.2, 0.25) is 0 Å². The Morgan fingerprint density at radius 1 is 1.59 bits per heavy atom. The molecule has 1 saturated carbocycles. The van der Waals surface area contributed by atoms with Gasteiger partial charge in [0.15, 0.2) is 0 Å². The first-order valence-electron chi connectivity index (χ1n) is 5.91. The third-order valence-electron chi connectivity index (χ3n) is 2.90. The van der Waals surface area contributed by atoms with E-state index in [-0.39, 0.29) is 5.91 Å². The minimum Gasteiger partial charge on any atom is -0.370 e. The molecule has 0 bridgehead atoms. The van der Waals surface area contributed by atoms with Crippen molar-refractivity contribution in [2.45, 2.75) is 32.2 Å². The number of nitrogens with zero attached hydrogens (tertiary/aromatic N) is 1. The molecule has 4 nitrogen and oxygen atoms in total. The molecule has 0 spiro atoms. The number of hydrogen-bond donors (Lipinski definition) is 2. The molecule has 92 valence electrons. The van der Waals surface area contributed by atoms with E-state index in [1.807, 2.05) is 6.92 Å². The molecule has 5 heteroatoms. The lowest BCUT2D eigenvalue weighted by Crippen LogP contribution is -2.39. The number of carbonyl (C=O) groups is 1. The maximum atomic E-state index is 12.0. The first-order chi connectivity index (χ1) is 8.20. The summed E-state index contributed by atoms with van der Waals surface area (Å²) in [5, 5.41) is 6.42. The maximum absolute atomic E-state index is 12.0. The number of carbonyl (C=O) groups excluding carboxylic acids is 1. The average Bonchev–Trinajstić information content (AvgIpc) is 2.26. The zero-order valence-electron chi connectivity index (χ0n) is 9.79. The van der Waals surface area contributed by atoms with E-state index in [2.05, 4.69) is 15.6 Å². The summed E-state index contributed by atoms with van der Waals surface area (Å²) in [6.45, 7) is 2.74. The van der Waals surface area contributed by atoms with Crippen molar-refractivity contribution in [2.75, 3.05) is 11.9 Å². The van der Waals surface area contributed by atoms with E-state index >= 15 is 0 Å². The van der Waals surface area contributed by atoms with Crippen molar-refractivity contribution < 1.29 is 4.79 Å². The summed E-state index contributed by atoms with van der Waals surface area (Å²) >= 11 is 5.98. The van der Waals surface area contributed by atoms with Crippen LogP contribution in [0.25, 0.3) is 0 Å². The molecule has 1 aromatic rings. The average molecular weight is 254 g/mol. The van der Waals surface area contributed by atoms with Crippen LogP contribution in [0.2, 0.25) is 5.02 Å². The van der Waals surface area contributed by atoms with Crippen LogP contribution in [0, 0.1) is 0 Å². The first kappa shape index (κ1) is 12.2. The van der Waals surface area contributed by atoms with E-state index in [0.29, 0.717) is 22.4 Å². The number of nitrogens with one attached hydrogen (secondary N) is 2. The normalized spacial score (nSPS) is 15.2. The Labute approximate surface area is 106 Å². The van der Waals surface area contributed by atoms with E-state index in [0.717, 1.165) is 19.4 Å². The van der Waals surface area contributed by atoms with Crippen LogP contribution in [0.1, 0.15) is 36.5 Å². The molecule has 0 aliphatic heterocycles. The highest BCUT2D eigenvalue weighted by Gasteiger charge is 2.21. The van der Waals surface area contributed by atoms with E-state index < -0.39 is 0 Å². The monoisotopic (exact) mass is 253 g/mol. The largest absolute Gasteiger partial charge is 0.370 e. The summed E-state index contributed by atoms with van der Waals surface area (Å²) < 4.78 is 0. The second-order valence-electron chi connectivity index (χ2n) is 4.18. The molecule has 2 rings (SSSR count). The standard InChI is InChI=1S/C12H16ClN3O/c1-2-14-11-6-9(10(13)7-15-11)12(17)16-8-4-3-5-8/h6-8H,2-5H2,1H3,(H,14,15)(H,16,17). The second kappa shape index (κ2) is 5.36. The van der Waals surface area contributed by atoms with E-state index in [1.165, 1.54) is 12.6 Å². The molecule has 0 aromatic carbocycles. The molecule has 1 aliphatic carbocycles. The predicted octanol–water partition coefficient (Wildman–Crippen LogP) is 2.45. The van der Waals surface area contributed by atoms with Crippen molar-refractivity contribution in [3.63, 3.8) is 0 Å². The van der Waals surface area contributed by atoms with Crippen LogP contribution in [0.3, 0.4) is 0 Å². The van der Waals surface area contributed by atoms with Gasteiger partial charge in [0.1, 0.15) is 5.82 Å². The molecule has 1 heterocycles. The minimum absolute atomic E-state index is 0.110. The lowest BCUT2D eigenvalue weighted by molar-refractivity contribution is 0.0917. The van der Waals surface area contributed by atoms with Gasteiger partial charge in [-0.05, 0) is 32.3 Å². The molecule has 0 radical (unpaired) electrons. The third-order valence-corrected chi connectivity index (χ3v) is 3.20. The van der Waals surface area contributed by atoms with E-state index in [4.69, 9.17) is 11.6 Å². The van der Waals surface area contributed by atoms with Gasteiger partial charge in [-0.25, -0.2) is 4.98 Å². The molecular weight excluding hydrogens is 238 g/mol. The van der Waals surface area contributed by atoms with Gasteiger partial charge in [0.25, 0.3) is 5.91 Å². The lowest BCUT2D eigenvalue weighted by Gasteiger charge is -2.26. The molecule has 1 aromatic heterocycles. The highest BCUT2D eigenvalue weighted by molar-refractivity contribution is 6.33. The lowest BCUT2D eigenvalue weighted by atomic mass is 9.93. The topological polar surface area (TPSA) is 54.0 Å². The molecule has 0 saturated heterocycles. The summed E-state index contributed by atoms with van der Waals surface area (Å²) in [5.74, 6) is 0.567. The fraction of sp³-hybridized carbons (Fsp3) is 0.500. The van der Waals surface area contributed by atoms with Crippen LogP contribution in [0.5, 0.6) is 0 Å². The van der Waals surface area contributed by atoms with Crippen molar-refractivity contribution in [3.05, 3.63) is 22.8 Å². The molecule has 2 N–H and O–H groups in total. The molecule has 0 unspecified atom stereocenters. The Hall–Kier alpha value is -1.29. The SMILES string of the molecule is CCNc1cc(C(=O)NC2CCC2)c(Cl)cn1. The van der Waals surface area contributed by atoms with Crippen LogP contribution in [-0.2, 0) is 0 Å². The number of rotatable bonds is 4. The number of anilines is 1. The zero-order valence-corrected chi connectivity index (χ0v) is 10.5. The van der Waals surface area contributed by atoms with Gasteiger partial charge in [0, 0.05) is 18.8 Å². The number of hydrogen-bond acceptors (Lipinski definition) is 3. The maximum Gasteiger partial charge on any atom is 0.253 e. The summed E-state index contributed by atoms with van der Waals surface area (Å²) in [6, 6.07) is 2.01. The van der Waals surface area contributed by atoms with Crippen molar-refractivity contribution in [2.24, 2.45) is 0 Å². The van der Waals surface area contributed by atoms with Crippen LogP contribution < -0.4 is 10.6 Å². The van der Waals surface area contributed by atoms with E-state index in [9.17, 15) is 4.79 Å². The highest BCUT2D eigenvalue weighted by atomic mass is 35.5. The summed E-state index contributed by atoms with van der Waals surface area (Å²) in [7, 11) is 0. The summed E-state index contributed by atoms with van der Waals surface area (Å²) in [5.41, 5.74) is 0.490. The Kier molecular flexibility index (Phi) is 3.84. The predicted molar refractivity (Wildman–Crippen MR) is 68.5 cm³/mol. The minimum atomic E-state index is -0.110. The van der Waals surface area contributed by atoms with Gasteiger partial charge >= 0.3 is 0 Å². The molecule has 1 fully saturated rings. The van der Waals surface area contributed by atoms with Gasteiger partial charge in [-0.3, -0.25) is 4.79 Å². The van der Waals surface area contributed by atoms with Crippen molar-refractivity contribution in [1.29, 1.82) is 0 Å². The Morgan fingerprint density at radius 2 is 2.35 bits per heavy atom. The van der Waals surface area contributed by atoms with Crippen molar-refractivity contribution in [1.82, 2.24) is 10.3 Å². The van der Waals surface area contributed by atoms with Gasteiger partial charge in [-0.1, -0.05) is 11.6 Å². The smallest absolute Gasteiger partial charge is 0.253 e. The Balaban J connectivity index is 2.11. The van der Waals surface area contributed by atoms with Gasteiger partial charge in [0.05, 0.1) is 10.6 Å². The van der Waals surface area contributed by atoms with Crippen LogP contribution in [0.4, 0.5) is 5.82 Å². The molecule has 1 amide bonds. The zero-order chi connectivity index (χ0) is 12.3. The summed E-state index contributed by atoms with van der Waals surface area (Å²) in [4.78, 5) is 16.1. The quantitative estimate of drug-likeness (QED) is 0.867. The molecule has 17 heavy (non-hydrogen) atoms. The number of amides is 1. The third kappa shape index (κ3) is 2.88.